The zero-order valence-corrected chi connectivity index (χ0v) is 29.7. The van der Waals surface area contributed by atoms with Crippen molar-refractivity contribution in [2.24, 2.45) is 0 Å². The SMILES string of the molecule is CCCCCCCc1cc(Cc2ccc(CCCCCc3ccc(Cc4ccc(N)c(CCCCCCC)c4)cc3)cc2)ccc1N. The molecule has 0 unspecified atom stereocenters. The number of hydrogen-bond donors (Lipinski definition) is 2. The van der Waals surface area contributed by atoms with Crippen molar-refractivity contribution in [3.8, 4) is 0 Å². The molecule has 0 atom stereocenters. The van der Waals surface area contributed by atoms with Crippen molar-refractivity contribution < 1.29 is 0 Å². The highest BCUT2D eigenvalue weighted by Gasteiger charge is 2.06. The van der Waals surface area contributed by atoms with Gasteiger partial charge in [-0.25, -0.2) is 0 Å². The van der Waals surface area contributed by atoms with Crippen molar-refractivity contribution in [1.29, 1.82) is 0 Å². The van der Waals surface area contributed by atoms with Crippen molar-refractivity contribution in [2.45, 2.75) is 136 Å². The summed E-state index contributed by atoms with van der Waals surface area (Å²) in [6.45, 7) is 4.54. The van der Waals surface area contributed by atoms with Gasteiger partial charge in [-0.2, -0.15) is 0 Å². The number of aryl methyl sites for hydroxylation is 4. The first-order chi connectivity index (χ1) is 23.0. The number of hydrogen-bond acceptors (Lipinski definition) is 2. The van der Waals surface area contributed by atoms with Crippen molar-refractivity contribution in [3.63, 3.8) is 0 Å². The third-order valence-corrected chi connectivity index (χ3v) is 9.81. The maximum absolute atomic E-state index is 6.30. The van der Waals surface area contributed by atoms with E-state index >= 15 is 0 Å². The molecular weight excluding hydrogens is 569 g/mol. The summed E-state index contributed by atoms with van der Waals surface area (Å²) in [5.74, 6) is 0. The van der Waals surface area contributed by atoms with Gasteiger partial charge in [0.2, 0.25) is 0 Å². The van der Waals surface area contributed by atoms with E-state index < -0.39 is 0 Å². The highest BCUT2D eigenvalue weighted by molar-refractivity contribution is 5.50. The third-order valence-electron chi connectivity index (χ3n) is 9.81. The maximum Gasteiger partial charge on any atom is 0.0346 e. The van der Waals surface area contributed by atoms with Crippen molar-refractivity contribution in [3.05, 3.63) is 129 Å². The molecule has 0 amide bonds. The van der Waals surface area contributed by atoms with Crippen LogP contribution in [-0.4, -0.2) is 0 Å². The van der Waals surface area contributed by atoms with Gasteiger partial charge in [-0.05, 0) is 121 Å². The van der Waals surface area contributed by atoms with Gasteiger partial charge in [-0.1, -0.05) is 144 Å². The molecule has 4 aromatic carbocycles. The lowest BCUT2D eigenvalue weighted by Gasteiger charge is -2.10. The zero-order valence-electron chi connectivity index (χ0n) is 29.7. The summed E-state index contributed by atoms with van der Waals surface area (Å²) >= 11 is 0. The summed E-state index contributed by atoms with van der Waals surface area (Å²) in [7, 11) is 0. The van der Waals surface area contributed by atoms with Crippen LogP contribution < -0.4 is 11.5 Å². The molecule has 0 aliphatic carbocycles. The molecule has 47 heavy (non-hydrogen) atoms. The van der Waals surface area contributed by atoms with Crippen molar-refractivity contribution in [1.82, 2.24) is 0 Å². The van der Waals surface area contributed by atoms with E-state index in [2.05, 4.69) is 98.8 Å². The smallest absolute Gasteiger partial charge is 0.0346 e. The average Bonchev–Trinajstić information content (AvgIpc) is 3.08. The van der Waals surface area contributed by atoms with Crippen LogP contribution in [0.4, 0.5) is 11.4 Å². The van der Waals surface area contributed by atoms with Crippen LogP contribution in [0.2, 0.25) is 0 Å². The van der Waals surface area contributed by atoms with E-state index in [1.54, 1.807) is 0 Å². The van der Waals surface area contributed by atoms with Gasteiger partial charge in [0.25, 0.3) is 0 Å². The Bertz CT molecular complexity index is 1320. The second kappa shape index (κ2) is 20.7. The number of nitrogens with two attached hydrogens (primary N) is 2. The molecule has 2 nitrogen and oxygen atoms in total. The Morgan fingerprint density at radius 2 is 0.660 bits per heavy atom. The predicted octanol–water partition coefficient (Wildman–Crippen LogP) is 12.0. The Balaban J connectivity index is 1.14. The van der Waals surface area contributed by atoms with Crippen LogP contribution in [0.15, 0.2) is 84.9 Å². The largest absolute Gasteiger partial charge is 0.399 e. The molecule has 0 fully saturated rings. The standard InChI is InChI=1S/C45H62N2/c1-3-5-7-9-14-18-42-34-40(28-30-44(42)46)32-38-24-20-36(21-25-38)16-12-11-13-17-37-22-26-39(27-23-37)33-41-29-31-45(47)43(35-41)19-15-10-8-6-4-2/h20-31,34-35H,3-19,32-33,46-47H2,1-2H3. The number of benzene rings is 4. The lowest BCUT2D eigenvalue weighted by atomic mass is 9.97. The molecule has 0 aromatic heterocycles. The van der Waals surface area contributed by atoms with Crippen molar-refractivity contribution >= 4 is 11.4 Å². The molecule has 0 saturated heterocycles. The fraction of sp³-hybridized carbons (Fsp3) is 0.467. The van der Waals surface area contributed by atoms with Gasteiger partial charge in [0.15, 0.2) is 0 Å². The summed E-state index contributed by atoms with van der Waals surface area (Å²) in [4.78, 5) is 0. The van der Waals surface area contributed by atoms with Gasteiger partial charge in [-0.15, -0.1) is 0 Å². The minimum atomic E-state index is 0.947. The summed E-state index contributed by atoms with van der Waals surface area (Å²) in [5.41, 5.74) is 25.5. The monoisotopic (exact) mass is 630 g/mol. The van der Waals surface area contributed by atoms with Crippen LogP contribution in [0.25, 0.3) is 0 Å². The van der Waals surface area contributed by atoms with Crippen LogP contribution in [-0.2, 0) is 38.5 Å². The number of rotatable bonds is 22. The van der Waals surface area contributed by atoms with Crippen LogP contribution in [0.5, 0.6) is 0 Å². The van der Waals surface area contributed by atoms with E-state index in [9.17, 15) is 0 Å². The maximum atomic E-state index is 6.30. The molecule has 0 saturated carbocycles. The molecule has 252 valence electrons. The topological polar surface area (TPSA) is 52.0 Å². The Kier molecular flexibility index (Phi) is 16.0. The van der Waals surface area contributed by atoms with Crippen molar-refractivity contribution in [2.75, 3.05) is 11.5 Å². The van der Waals surface area contributed by atoms with E-state index in [-0.39, 0.29) is 0 Å². The molecule has 0 aliphatic heterocycles. The van der Waals surface area contributed by atoms with Crippen LogP contribution >= 0.6 is 0 Å². The lowest BCUT2D eigenvalue weighted by Crippen LogP contribution is -1.98. The minimum Gasteiger partial charge on any atom is -0.399 e. The molecule has 0 aliphatic rings. The number of unbranched alkanes of at least 4 members (excludes halogenated alkanes) is 10. The van der Waals surface area contributed by atoms with E-state index in [4.69, 9.17) is 11.5 Å². The first-order valence-electron chi connectivity index (χ1n) is 18.9. The number of nitrogen functional groups attached to an aromatic ring is 2. The Hall–Kier alpha value is -3.52. The molecule has 4 N–H and O–H groups in total. The fourth-order valence-corrected chi connectivity index (χ4v) is 6.76. The first-order valence-corrected chi connectivity index (χ1v) is 18.9. The fourth-order valence-electron chi connectivity index (χ4n) is 6.76. The summed E-state index contributed by atoms with van der Waals surface area (Å²) in [6, 6.07) is 31.9. The second-order valence-corrected chi connectivity index (χ2v) is 13.9. The van der Waals surface area contributed by atoms with Crippen LogP contribution in [0, 0.1) is 0 Å². The quantitative estimate of drug-likeness (QED) is 0.0670. The molecule has 0 heterocycles. The van der Waals surface area contributed by atoms with E-state index in [1.807, 2.05) is 0 Å². The van der Waals surface area contributed by atoms with Crippen LogP contribution in [0.1, 0.15) is 142 Å². The number of anilines is 2. The average molecular weight is 631 g/mol. The van der Waals surface area contributed by atoms with E-state index in [0.29, 0.717) is 0 Å². The van der Waals surface area contributed by atoms with Gasteiger partial charge in [-0.3, -0.25) is 0 Å². The predicted molar refractivity (Wildman–Crippen MR) is 206 cm³/mol. The molecule has 0 radical (unpaired) electrons. The molecule has 4 rings (SSSR count). The molecule has 4 aromatic rings. The first kappa shape index (κ1) is 36.3. The molecule has 0 bridgehead atoms. The highest BCUT2D eigenvalue weighted by Crippen LogP contribution is 2.22. The Morgan fingerprint density at radius 1 is 0.340 bits per heavy atom. The normalized spacial score (nSPS) is 11.3. The summed E-state index contributed by atoms with van der Waals surface area (Å²) < 4.78 is 0. The van der Waals surface area contributed by atoms with Gasteiger partial charge < -0.3 is 11.5 Å². The van der Waals surface area contributed by atoms with E-state index in [0.717, 1.165) is 49.9 Å². The Morgan fingerprint density at radius 3 is 1.06 bits per heavy atom. The lowest BCUT2D eigenvalue weighted by molar-refractivity contribution is 0.632. The molecule has 0 spiro atoms. The van der Waals surface area contributed by atoms with Gasteiger partial charge >= 0.3 is 0 Å². The molecule has 2 heteroatoms. The van der Waals surface area contributed by atoms with E-state index in [1.165, 1.54) is 128 Å². The zero-order chi connectivity index (χ0) is 33.1. The van der Waals surface area contributed by atoms with Crippen LogP contribution in [0.3, 0.4) is 0 Å². The van der Waals surface area contributed by atoms with Gasteiger partial charge in [0.05, 0.1) is 0 Å². The van der Waals surface area contributed by atoms with Gasteiger partial charge in [0, 0.05) is 11.4 Å². The summed E-state index contributed by atoms with van der Waals surface area (Å²) in [5, 5.41) is 0. The second-order valence-electron chi connectivity index (χ2n) is 13.9. The third kappa shape index (κ3) is 13.3. The summed E-state index contributed by atoms with van der Waals surface area (Å²) in [6.07, 6.45) is 23.2. The minimum absolute atomic E-state index is 0.947. The molecular formula is C45H62N2. The Labute approximate surface area is 287 Å². The van der Waals surface area contributed by atoms with Gasteiger partial charge in [0.1, 0.15) is 0 Å². The highest BCUT2D eigenvalue weighted by atomic mass is 14.6.